The van der Waals surface area contributed by atoms with Gasteiger partial charge in [0.2, 0.25) is 0 Å². The van der Waals surface area contributed by atoms with Crippen LogP contribution >= 0.6 is 25.3 Å². The van der Waals surface area contributed by atoms with Gasteiger partial charge in [0.15, 0.2) is 0 Å². The Morgan fingerprint density at radius 1 is 1.46 bits per heavy atom. The molecule has 0 bridgehead atoms. The quantitative estimate of drug-likeness (QED) is 0.524. The smallest absolute Gasteiger partial charge is 0.321 e. The summed E-state index contributed by atoms with van der Waals surface area (Å²) in [4.78, 5) is 21.3. The first-order valence-electron chi connectivity index (χ1n) is 3.73. The van der Waals surface area contributed by atoms with E-state index in [9.17, 15) is 9.59 Å². The summed E-state index contributed by atoms with van der Waals surface area (Å²) in [5, 5.41) is 16.1. The number of aliphatic carboxylic acids is 2. The van der Waals surface area contributed by atoms with Crippen molar-refractivity contribution in [3.8, 4) is 0 Å². The minimum atomic E-state index is -1.59. The molecule has 0 aliphatic carbocycles. The van der Waals surface area contributed by atoms with E-state index in [-0.39, 0.29) is 6.42 Å². The molecule has 0 saturated carbocycles. The minimum absolute atomic E-state index is 0.173. The monoisotopic (exact) mass is 224 g/mol. The second kappa shape index (κ2) is 4.76. The molecule has 0 aliphatic heterocycles. The van der Waals surface area contributed by atoms with Crippen molar-refractivity contribution in [3.05, 3.63) is 0 Å². The lowest BCUT2D eigenvalue weighted by Crippen LogP contribution is -2.45. The zero-order valence-electron chi connectivity index (χ0n) is 7.10. The number of carboxylic acid groups (broad SMARTS) is 2. The summed E-state index contributed by atoms with van der Waals surface area (Å²) >= 11 is 7.59. The molecule has 0 aromatic heterocycles. The lowest BCUT2D eigenvalue weighted by molar-refractivity contribution is -0.145. The second-order valence-electron chi connectivity index (χ2n) is 2.72. The third-order valence-corrected chi connectivity index (χ3v) is 3.23. The van der Waals surface area contributed by atoms with Crippen LogP contribution < -0.4 is 0 Å². The van der Waals surface area contributed by atoms with Crippen LogP contribution in [0.15, 0.2) is 0 Å². The highest BCUT2D eigenvalue weighted by atomic mass is 32.1. The molecule has 0 aliphatic rings. The number of hydrogen-bond donors (Lipinski definition) is 4. The van der Waals surface area contributed by atoms with Crippen LogP contribution in [0.5, 0.6) is 0 Å². The predicted molar refractivity (Wildman–Crippen MR) is 54.7 cm³/mol. The third-order valence-electron chi connectivity index (χ3n) is 1.69. The van der Waals surface area contributed by atoms with Gasteiger partial charge in [0, 0.05) is 0 Å². The SMILES string of the molecule is CCCC(S)(C(=O)O)C(S)C(=O)O. The molecule has 0 radical (unpaired) electrons. The zero-order chi connectivity index (χ0) is 10.6. The Labute approximate surface area is 87.2 Å². The largest absolute Gasteiger partial charge is 0.480 e. The van der Waals surface area contributed by atoms with Gasteiger partial charge in [-0.25, -0.2) is 0 Å². The van der Waals surface area contributed by atoms with Gasteiger partial charge in [0.1, 0.15) is 10.00 Å². The first kappa shape index (κ1) is 12.6. The van der Waals surface area contributed by atoms with E-state index >= 15 is 0 Å². The van der Waals surface area contributed by atoms with Crippen LogP contribution in [-0.4, -0.2) is 32.1 Å². The van der Waals surface area contributed by atoms with E-state index in [0.717, 1.165) is 0 Å². The number of thiol groups is 2. The molecule has 2 unspecified atom stereocenters. The Kier molecular flexibility index (Phi) is 4.63. The highest BCUT2D eigenvalue weighted by Crippen LogP contribution is 2.29. The fraction of sp³-hybridized carbons (Fsp3) is 0.714. The van der Waals surface area contributed by atoms with Crippen molar-refractivity contribution < 1.29 is 19.8 Å². The Balaban J connectivity index is 4.77. The van der Waals surface area contributed by atoms with E-state index in [1.807, 2.05) is 0 Å². The van der Waals surface area contributed by atoms with Crippen molar-refractivity contribution in [2.24, 2.45) is 0 Å². The molecule has 0 amide bonds. The summed E-state index contributed by atoms with van der Waals surface area (Å²) in [6.07, 6.45) is 0.714. The summed E-state index contributed by atoms with van der Waals surface area (Å²) in [6, 6.07) is 0. The van der Waals surface area contributed by atoms with Crippen molar-refractivity contribution in [2.45, 2.75) is 29.8 Å². The Bertz CT molecular complexity index is 219. The van der Waals surface area contributed by atoms with Crippen LogP contribution in [0.1, 0.15) is 19.8 Å². The average molecular weight is 224 g/mol. The van der Waals surface area contributed by atoms with Gasteiger partial charge in [0.25, 0.3) is 0 Å². The summed E-state index contributed by atoms with van der Waals surface area (Å²) < 4.78 is -1.59. The van der Waals surface area contributed by atoms with Gasteiger partial charge in [-0.1, -0.05) is 13.3 Å². The van der Waals surface area contributed by atoms with Gasteiger partial charge in [0.05, 0.1) is 0 Å². The van der Waals surface area contributed by atoms with Crippen LogP contribution in [0.4, 0.5) is 0 Å². The average Bonchev–Trinajstić information content (AvgIpc) is 2.02. The summed E-state index contributed by atoms with van der Waals surface area (Å²) in [7, 11) is 0. The molecule has 0 heterocycles. The molecule has 0 aromatic rings. The van der Waals surface area contributed by atoms with E-state index in [2.05, 4.69) is 25.3 Å². The number of rotatable bonds is 5. The number of hydrogen-bond acceptors (Lipinski definition) is 4. The zero-order valence-corrected chi connectivity index (χ0v) is 8.89. The Morgan fingerprint density at radius 3 is 2.15 bits per heavy atom. The van der Waals surface area contributed by atoms with Gasteiger partial charge in [-0.3, -0.25) is 9.59 Å². The molecule has 0 aromatic carbocycles. The molecule has 0 saturated heterocycles. The van der Waals surface area contributed by atoms with Crippen LogP contribution in [0.2, 0.25) is 0 Å². The normalized spacial score (nSPS) is 17.5. The molecule has 6 heteroatoms. The van der Waals surface area contributed by atoms with Crippen LogP contribution in [0, 0.1) is 0 Å². The lowest BCUT2D eigenvalue weighted by atomic mass is 9.98. The fourth-order valence-corrected chi connectivity index (χ4v) is 1.52. The van der Waals surface area contributed by atoms with Crippen molar-refractivity contribution in [1.29, 1.82) is 0 Å². The maximum Gasteiger partial charge on any atom is 0.321 e. The van der Waals surface area contributed by atoms with Crippen molar-refractivity contribution in [3.63, 3.8) is 0 Å². The van der Waals surface area contributed by atoms with Crippen LogP contribution in [0.25, 0.3) is 0 Å². The van der Waals surface area contributed by atoms with E-state index < -0.39 is 21.9 Å². The number of carbonyl (C=O) groups is 2. The standard InChI is InChI=1S/C7H12O4S2/c1-2-3-7(13,6(10)11)4(12)5(8)9/h4,12-13H,2-3H2,1H3,(H,8,9)(H,10,11). The summed E-state index contributed by atoms with van der Waals surface area (Å²) in [6.45, 7) is 1.76. The minimum Gasteiger partial charge on any atom is -0.480 e. The van der Waals surface area contributed by atoms with Crippen LogP contribution in [0.3, 0.4) is 0 Å². The molecule has 13 heavy (non-hydrogen) atoms. The van der Waals surface area contributed by atoms with Gasteiger partial charge in [-0.2, -0.15) is 25.3 Å². The highest BCUT2D eigenvalue weighted by molar-refractivity contribution is 7.87. The Morgan fingerprint density at radius 2 is 1.92 bits per heavy atom. The first-order chi connectivity index (χ1) is 5.86. The predicted octanol–water partition coefficient (Wildman–Crippen LogP) is 0.923. The molecular formula is C7H12O4S2. The van der Waals surface area contributed by atoms with Crippen molar-refractivity contribution in [1.82, 2.24) is 0 Å². The molecule has 2 N–H and O–H groups in total. The lowest BCUT2D eigenvalue weighted by Gasteiger charge is -2.26. The molecule has 4 nitrogen and oxygen atoms in total. The van der Waals surface area contributed by atoms with E-state index in [0.29, 0.717) is 6.42 Å². The maximum absolute atomic E-state index is 10.8. The number of carboxylic acids is 2. The Hall–Kier alpha value is -0.360. The molecule has 2 atom stereocenters. The summed E-state index contributed by atoms with van der Waals surface area (Å²) in [5.74, 6) is -2.52. The molecule has 0 fully saturated rings. The highest BCUT2D eigenvalue weighted by Gasteiger charge is 2.44. The van der Waals surface area contributed by atoms with Gasteiger partial charge in [-0.05, 0) is 6.42 Å². The van der Waals surface area contributed by atoms with Gasteiger partial charge in [-0.15, -0.1) is 0 Å². The molecular weight excluding hydrogens is 212 g/mol. The first-order valence-corrected chi connectivity index (χ1v) is 4.69. The second-order valence-corrected chi connectivity index (χ2v) is 4.03. The van der Waals surface area contributed by atoms with Crippen molar-refractivity contribution in [2.75, 3.05) is 0 Å². The van der Waals surface area contributed by atoms with Crippen LogP contribution in [-0.2, 0) is 9.59 Å². The van der Waals surface area contributed by atoms with E-state index in [1.54, 1.807) is 6.92 Å². The molecule has 0 rings (SSSR count). The topological polar surface area (TPSA) is 74.6 Å². The third kappa shape index (κ3) is 2.80. The maximum atomic E-state index is 10.8. The van der Waals surface area contributed by atoms with Gasteiger partial charge < -0.3 is 10.2 Å². The fourth-order valence-electron chi connectivity index (χ4n) is 0.946. The van der Waals surface area contributed by atoms with E-state index in [1.165, 1.54) is 0 Å². The van der Waals surface area contributed by atoms with E-state index in [4.69, 9.17) is 10.2 Å². The van der Waals surface area contributed by atoms with Crippen molar-refractivity contribution >= 4 is 37.2 Å². The summed E-state index contributed by atoms with van der Waals surface area (Å²) in [5.41, 5.74) is 0. The van der Waals surface area contributed by atoms with Gasteiger partial charge >= 0.3 is 11.9 Å². The molecule has 76 valence electrons. The molecule has 0 spiro atoms.